The van der Waals surface area contributed by atoms with Gasteiger partial charge in [0.1, 0.15) is 5.92 Å². The first kappa shape index (κ1) is 16.5. The quantitative estimate of drug-likeness (QED) is 0.506. The zero-order valence-electron chi connectivity index (χ0n) is 13.3. The molecule has 22 heavy (non-hydrogen) atoms. The van der Waals surface area contributed by atoms with Gasteiger partial charge in [0.25, 0.3) is 5.91 Å². The topological polar surface area (TPSA) is 46.6 Å². The molecule has 4 heteroatoms. The van der Waals surface area contributed by atoms with E-state index in [0.29, 0.717) is 12.1 Å². The molecule has 1 atom stereocenters. The number of rotatable bonds is 9. The van der Waals surface area contributed by atoms with Crippen molar-refractivity contribution in [3.63, 3.8) is 0 Å². The number of amides is 1. The van der Waals surface area contributed by atoms with Gasteiger partial charge < -0.3 is 4.84 Å². The Bertz CT molecular complexity index is 486. The number of carbonyl (C=O) groups excluding carboxylic acids is 2. The average Bonchev–Trinajstić information content (AvgIpc) is 2.82. The third-order valence-corrected chi connectivity index (χ3v) is 4.05. The van der Waals surface area contributed by atoms with Gasteiger partial charge in [-0.1, -0.05) is 70.1 Å². The summed E-state index contributed by atoms with van der Waals surface area (Å²) in [5.41, 5.74) is 0.614. The number of benzene rings is 1. The average molecular weight is 303 g/mol. The van der Waals surface area contributed by atoms with Crippen LogP contribution < -0.4 is 5.06 Å². The van der Waals surface area contributed by atoms with Gasteiger partial charge >= 0.3 is 5.97 Å². The van der Waals surface area contributed by atoms with Crippen LogP contribution in [0, 0.1) is 5.92 Å². The van der Waals surface area contributed by atoms with E-state index in [0.717, 1.165) is 17.9 Å². The van der Waals surface area contributed by atoms with E-state index in [1.165, 1.54) is 32.1 Å². The van der Waals surface area contributed by atoms with Crippen molar-refractivity contribution in [2.45, 2.75) is 58.3 Å². The Morgan fingerprint density at radius 2 is 1.59 bits per heavy atom. The molecule has 0 aliphatic carbocycles. The van der Waals surface area contributed by atoms with Gasteiger partial charge in [0.15, 0.2) is 0 Å². The van der Waals surface area contributed by atoms with Gasteiger partial charge in [-0.25, -0.2) is 4.79 Å². The van der Waals surface area contributed by atoms with Crippen LogP contribution >= 0.6 is 0 Å². The second kappa shape index (κ2) is 8.57. The monoisotopic (exact) mass is 303 g/mol. The van der Waals surface area contributed by atoms with Crippen LogP contribution in [0.25, 0.3) is 0 Å². The number of anilines is 1. The molecule has 0 saturated carbocycles. The Kier molecular flexibility index (Phi) is 6.44. The van der Waals surface area contributed by atoms with Crippen LogP contribution in [-0.2, 0) is 14.4 Å². The minimum atomic E-state index is -0.629. The molecule has 1 saturated heterocycles. The molecule has 1 amide bonds. The number of hydroxylamine groups is 1. The van der Waals surface area contributed by atoms with E-state index in [1.54, 1.807) is 12.1 Å². The summed E-state index contributed by atoms with van der Waals surface area (Å²) in [7, 11) is 0. The maximum atomic E-state index is 12.3. The molecule has 0 aromatic heterocycles. The standard InChI is InChI=1S/C18H25NO3/c1-2-3-4-5-6-7-11-14-16-17(20)19(22-18(16)21)15-12-9-8-10-13-15/h8-10,12-13,16H,2-7,11,14H2,1H3. The summed E-state index contributed by atoms with van der Waals surface area (Å²) in [6, 6.07) is 9.03. The van der Waals surface area contributed by atoms with Gasteiger partial charge in [0, 0.05) is 0 Å². The van der Waals surface area contributed by atoms with Gasteiger partial charge in [0.05, 0.1) is 5.69 Å². The molecule has 0 N–H and O–H groups in total. The number of hydrogen-bond acceptors (Lipinski definition) is 3. The summed E-state index contributed by atoms with van der Waals surface area (Å²) >= 11 is 0. The van der Waals surface area contributed by atoms with E-state index in [4.69, 9.17) is 4.84 Å². The molecular weight excluding hydrogens is 278 g/mol. The predicted molar refractivity (Wildman–Crippen MR) is 86.1 cm³/mol. The molecule has 0 bridgehead atoms. The van der Waals surface area contributed by atoms with Crippen molar-refractivity contribution >= 4 is 17.6 Å². The molecule has 1 fully saturated rings. The first-order valence-corrected chi connectivity index (χ1v) is 8.35. The smallest absolute Gasteiger partial charge is 0.332 e. The van der Waals surface area contributed by atoms with Crippen molar-refractivity contribution < 1.29 is 14.4 Å². The number of nitrogens with zero attached hydrogens (tertiary/aromatic N) is 1. The molecule has 1 aromatic rings. The Morgan fingerprint density at radius 3 is 2.27 bits per heavy atom. The lowest BCUT2D eigenvalue weighted by molar-refractivity contribution is -0.142. The molecule has 4 nitrogen and oxygen atoms in total. The molecule has 0 radical (unpaired) electrons. The Hall–Kier alpha value is -1.84. The summed E-state index contributed by atoms with van der Waals surface area (Å²) in [5, 5.41) is 1.13. The third-order valence-electron chi connectivity index (χ3n) is 4.05. The first-order valence-electron chi connectivity index (χ1n) is 8.35. The van der Waals surface area contributed by atoms with E-state index in [-0.39, 0.29) is 5.91 Å². The molecule has 2 rings (SSSR count). The molecule has 120 valence electrons. The number of carbonyl (C=O) groups is 2. The van der Waals surface area contributed by atoms with Gasteiger partial charge in [0.2, 0.25) is 0 Å². The summed E-state index contributed by atoms with van der Waals surface area (Å²) in [6.07, 6.45) is 8.81. The molecule has 1 heterocycles. The highest BCUT2D eigenvalue weighted by Crippen LogP contribution is 2.27. The van der Waals surface area contributed by atoms with Crippen LogP contribution in [-0.4, -0.2) is 11.9 Å². The van der Waals surface area contributed by atoms with Crippen molar-refractivity contribution in [2.75, 3.05) is 5.06 Å². The lowest BCUT2D eigenvalue weighted by Gasteiger charge is -2.12. The summed E-state index contributed by atoms with van der Waals surface area (Å²) in [5.74, 6) is -1.28. The molecule has 1 unspecified atom stereocenters. The highest BCUT2D eigenvalue weighted by atomic mass is 16.7. The Labute approximate surface area is 132 Å². The fourth-order valence-corrected chi connectivity index (χ4v) is 2.73. The SMILES string of the molecule is CCCCCCCCCC1C(=O)ON(c2ccccc2)C1=O. The second-order valence-electron chi connectivity index (χ2n) is 5.84. The minimum Gasteiger partial charge on any atom is -0.332 e. The van der Waals surface area contributed by atoms with Crippen LogP contribution in [0.4, 0.5) is 5.69 Å². The first-order chi connectivity index (χ1) is 10.7. The Balaban J connectivity index is 1.75. The van der Waals surface area contributed by atoms with E-state index in [1.807, 2.05) is 18.2 Å². The van der Waals surface area contributed by atoms with Crippen molar-refractivity contribution in [1.29, 1.82) is 0 Å². The summed E-state index contributed by atoms with van der Waals surface area (Å²) in [4.78, 5) is 29.3. The predicted octanol–water partition coefficient (Wildman–Crippen LogP) is 4.25. The van der Waals surface area contributed by atoms with Crippen LogP contribution in [0.2, 0.25) is 0 Å². The molecule has 1 aliphatic heterocycles. The van der Waals surface area contributed by atoms with Gasteiger partial charge in [-0.3, -0.25) is 4.79 Å². The number of hydrogen-bond donors (Lipinski definition) is 0. The fourth-order valence-electron chi connectivity index (χ4n) is 2.73. The lowest BCUT2D eigenvalue weighted by atomic mass is 10.00. The van der Waals surface area contributed by atoms with E-state index < -0.39 is 11.9 Å². The van der Waals surface area contributed by atoms with Crippen molar-refractivity contribution in [2.24, 2.45) is 5.92 Å². The van der Waals surface area contributed by atoms with E-state index in [2.05, 4.69) is 6.92 Å². The molecule has 1 aromatic carbocycles. The highest BCUT2D eigenvalue weighted by Gasteiger charge is 2.42. The minimum absolute atomic E-state index is 0.234. The molecule has 1 aliphatic rings. The van der Waals surface area contributed by atoms with Gasteiger partial charge in [-0.05, 0) is 18.6 Å². The maximum absolute atomic E-state index is 12.3. The van der Waals surface area contributed by atoms with Crippen LogP contribution in [0.1, 0.15) is 58.3 Å². The van der Waals surface area contributed by atoms with Crippen LogP contribution in [0.3, 0.4) is 0 Å². The molecule has 0 spiro atoms. The summed E-state index contributed by atoms with van der Waals surface area (Å²) < 4.78 is 0. The van der Waals surface area contributed by atoms with Gasteiger partial charge in [-0.2, -0.15) is 0 Å². The zero-order chi connectivity index (χ0) is 15.8. The second-order valence-corrected chi connectivity index (χ2v) is 5.84. The zero-order valence-corrected chi connectivity index (χ0v) is 13.3. The van der Waals surface area contributed by atoms with Crippen molar-refractivity contribution in [1.82, 2.24) is 0 Å². The number of unbranched alkanes of at least 4 members (excludes halogenated alkanes) is 6. The summed E-state index contributed by atoms with van der Waals surface area (Å²) in [6.45, 7) is 2.20. The van der Waals surface area contributed by atoms with Crippen molar-refractivity contribution in [3.8, 4) is 0 Å². The van der Waals surface area contributed by atoms with Gasteiger partial charge in [-0.15, -0.1) is 5.06 Å². The molecular formula is C18H25NO3. The Morgan fingerprint density at radius 1 is 0.955 bits per heavy atom. The maximum Gasteiger partial charge on any atom is 0.345 e. The lowest BCUT2D eigenvalue weighted by Crippen LogP contribution is -2.25. The largest absolute Gasteiger partial charge is 0.345 e. The highest BCUT2D eigenvalue weighted by molar-refractivity contribution is 6.10. The van der Waals surface area contributed by atoms with Crippen LogP contribution in [0.5, 0.6) is 0 Å². The fraction of sp³-hybridized carbons (Fsp3) is 0.556. The van der Waals surface area contributed by atoms with E-state index in [9.17, 15) is 9.59 Å². The van der Waals surface area contributed by atoms with Crippen molar-refractivity contribution in [3.05, 3.63) is 30.3 Å². The normalized spacial score (nSPS) is 17.9. The number of para-hydroxylation sites is 1. The van der Waals surface area contributed by atoms with Crippen LogP contribution in [0.15, 0.2) is 30.3 Å². The third kappa shape index (κ3) is 4.33. The van der Waals surface area contributed by atoms with E-state index >= 15 is 0 Å².